The summed E-state index contributed by atoms with van der Waals surface area (Å²) in [6, 6.07) is 1.92. The Morgan fingerprint density at radius 3 is 2.70 bits per heavy atom. The van der Waals surface area contributed by atoms with Crippen molar-refractivity contribution in [3.05, 3.63) is 34.0 Å². The minimum Gasteiger partial charge on any atom is -0.490 e. The molecule has 0 unspecified atom stereocenters. The quantitative estimate of drug-likeness (QED) is 0.636. The lowest BCUT2D eigenvalue weighted by molar-refractivity contribution is -0.0351. The number of hydrogen-bond acceptors (Lipinski definition) is 8. The number of nitrogens with zero attached hydrogens (tertiary/aromatic N) is 6. The van der Waals surface area contributed by atoms with Gasteiger partial charge in [-0.1, -0.05) is 11.6 Å². The smallest absolute Gasteiger partial charge is 0.410 e. The van der Waals surface area contributed by atoms with Crippen LogP contribution in [0, 0.1) is 5.41 Å². The first kappa shape index (κ1) is 22.4. The SMILES string of the molecule is CC(C)(C)OC(=O)N1CCc2c(OC3CC4(C3)CN(c3nc(Cl)nnc3Cl)C4)ccnc2C1. The Bertz CT molecular complexity index is 1080. The molecule has 9 nitrogen and oxygen atoms in total. The van der Waals surface area contributed by atoms with Crippen LogP contribution in [0.5, 0.6) is 5.75 Å². The zero-order valence-electron chi connectivity index (χ0n) is 18.8. The van der Waals surface area contributed by atoms with Crippen molar-refractivity contribution in [2.75, 3.05) is 24.5 Å². The second-order valence-corrected chi connectivity index (χ2v) is 10.8. The van der Waals surface area contributed by atoms with Gasteiger partial charge in [-0.25, -0.2) is 4.79 Å². The van der Waals surface area contributed by atoms with Gasteiger partial charge < -0.3 is 19.3 Å². The van der Waals surface area contributed by atoms with Crippen LogP contribution in [0.15, 0.2) is 12.3 Å². The summed E-state index contributed by atoms with van der Waals surface area (Å²) in [6.45, 7) is 8.32. The molecule has 0 bridgehead atoms. The molecular formula is C22H26Cl2N6O3. The highest BCUT2D eigenvalue weighted by Crippen LogP contribution is 2.51. The van der Waals surface area contributed by atoms with E-state index in [1.807, 2.05) is 26.8 Å². The van der Waals surface area contributed by atoms with Crippen LogP contribution in [0.25, 0.3) is 0 Å². The van der Waals surface area contributed by atoms with E-state index in [9.17, 15) is 4.79 Å². The summed E-state index contributed by atoms with van der Waals surface area (Å²) in [5, 5.41) is 7.87. The van der Waals surface area contributed by atoms with E-state index >= 15 is 0 Å². The molecule has 176 valence electrons. The van der Waals surface area contributed by atoms with Crippen molar-refractivity contribution in [1.82, 2.24) is 25.1 Å². The molecular weight excluding hydrogens is 467 g/mol. The maximum Gasteiger partial charge on any atom is 0.410 e. The Morgan fingerprint density at radius 1 is 1.21 bits per heavy atom. The summed E-state index contributed by atoms with van der Waals surface area (Å²) >= 11 is 12.0. The van der Waals surface area contributed by atoms with Crippen molar-refractivity contribution in [2.45, 2.75) is 58.3 Å². The lowest BCUT2D eigenvalue weighted by Gasteiger charge is -2.58. The number of amides is 1. The number of anilines is 1. The fourth-order valence-corrected chi connectivity index (χ4v) is 5.16. The Morgan fingerprint density at radius 2 is 1.97 bits per heavy atom. The lowest BCUT2D eigenvalue weighted by atomic mass is 9.61. The average molecular weight is 493 g/mol. The van der Waals surface area contributed by atoms with E-state index in [0.29, 0.717) is 25.3 Å². The van der Waals surface area contributed by atoms with E-state index in [2.05, 4.69) is 25.1 Å². The molecule has 1 saturated heterocycles. The van der Waals surface area contributed by atoms with E-state index in [1.54, 1.807) is 11.1 Å². The van der Waals surface area contributed by atoms with E-state index < -0.39 is 5.60 Å². The number of aromatic nitrogens is 4. The van der Waals surface area contributed by atoms with Crippen molar-refractivity contribution in [3.63, 3.8) is 0 Å². The summed E-state index contributed by atoms with van der Waals surface area (Å²) in [5.74, 6) is 1.46. The minimum absolute atomic E-state index is 0.0952. The molecule has 1 spiro atoms. The number of fused-ring (bicyclic) bond motifs is 1. The Hall–Kier alpha value is -2.39. The Labute approximate surface area is 202 Å². The molecule has 1 aliphatic carbocycles. The standard InChI is InChI=1S/C22H26Cl2N6O3/c1-21(2,3)33-20(31)29-7-5-14-15(10-29)25-6-4-16(14)32-13-8-22(9-13)11-30(12-22)18-17(23)27-28-19(24)26-18/h4,6,13H,5,7-12H2,1-3H3. The number of halogens is 2. The van der Waals surface area contributed by atoms with Crippen molar-refractivity contribution in [2.24, 2.45) is 5.41 Å². The first-order valence-electron chi connectivity index (χ1n) is 11.0. The number of pyridine rings is 1. The lowest BCUT2D eigenvalue weighted by Crippen LogP contribution is -2.65. The molecule has 1 saturated carbocycles. The molecule has 0 atom stereocenters. The van der Waals surface area contributed by atoms with Crippen molar-refractivity contribution in [3.8, 4) is 5.75 Å². The molecule has 2 aromatic heterocycles. The molecule has 33 heavy (non-hydrogen) atoms. The summed E-state index contributed by atoms with van der Waals surface area (Å²) < 4.78 is 11.9. The summed E-state index contributed by atoms with van der Waals surface area (Å²) in [5.41, 5.74) is 1.65. The number of rotatable bonds is 3. The number of carbonyl (C=O) groups is 1. The van der Waals surface area contributed by atoms with Crippen LogP contribution in [-0.4, -0.2) is 62.5 Å². The first-order chi connectivity index (χ1) is 15.6. The predicted octanol–water partition coefficient (Wildman–Crippen LogP) is 3.91. The number of ether oxygens (including phenoxy) is 2. The third-order valence-electron chi connectivity index (χ3n) is 6.30. The second-order valence-electron chi connectivity index (χ2n) is 10.1. The zero-order valence-corrected chi connectivity index (χ0v) is 20.4. The minimum atomic E-state index is -0.519. The van der Waals surface area contributed by atoms with E-state index in [1.165, 1.54) is 0 Å². The van der Waals surface area contributed by atoms with Crippen LogP contribution in [0.4, 0.5) is 10.6 Å². The van der Waals surface area contributed by atoms with E-state index in [4.69, 9.17) is 32.7 Å². The number of hydrogen-bond donors (Lipinski definition) is 0. The third kappa shape index (κ3) is 4.53. The van der Waals surface area contributed by atoms with Crippen LogP contribution in [0.3, 0.4) is 0 Å². The van der Waals surface area contributed by atoms with Crippen LogP contribution in [0.2, 0.25) is 10.4 Å². The van der Waals surface area contributed by atoms with Crippen LogP contribution in [-0.2, 0) is 17.7 Å². The molecule has 0 N–H and O–H groups in total. The van der Waals surface area contributed by atoms with Gasteiger partial charge in [0.15, 0.2) is 11.0 Å². The van der Waals surface area contributed by atoms with Crippen molar-refractivity contribution >= 4 is 35.1 Å². The molecule has 2 fully saturated rings. The molecule has 2 aliphatic heterocycles. The van der Waals surface area contributed by atoms with Crippen molar-refractivity contribution in [1.29, 1.82) is 0 Å². The summed E-state index contributed by atoms with van der Waals surface area (Å²) in [7, 11) is 0. The highest BCUT2D eigenvalue weighted by atomic mass is 35.5. The largest absolute Gasteiger partial charge is 0.490 e. The zero-order chi connectivity index (χ0) is 23.4. The van der Waals surface area contributed by atoms with Gasteiger partial charge in [0.05, 0.1) is 12.2 Å². The van der Waals surface area contributed by atoms with Crippen LogP contribution < -0.4 is 9.64 Å². The van der Waals surface area contributed by atoms with Gasteiger partial charge in [-0.3, -0.25) is 4.98 Å². The Kier molecular flexibility index (Phi) is 5.52. The molecule has 11 heteroatoms. The first-order valence-corrected chi connectivity index (χ1v) is 11.8. The van der Waals surface area contributed by atoms with Gasteiger partial charge in [0.2, 0.25) is 5.28 Å². The Balaban J connectivity index is 1.17. The van der Waals surface area contributed by atoms with Gasteiger partial charge in [-0.15, -0.1) is 10.2 Å². The van der Waals surface area contributed by atoms with Gasteiger partial charge in [0, 0.05) is 36.8 Å². The van der Waals surface area contributed by atoms with Crippen LogP contribution >= 0.6 is 23.2 Å². The maximum absolute atomic E-state index is 12.4. The van der Waals surface area contributed by atoms with Crippen LogP contribution in [0.1, 0.15) is 44.9 Å². The maximum atomic E-state index is 12.4. The molecule has 2 aromatic rings. The average Bonchev–Trinajstić information content (AvgIpc) is 2.69. The second kappa shape index (κ2) is 8.13. The fourth-order valence-electron chi connectivity index (χ4n) is 4.85. The highest BCUT2D eigenvalue weighted by Gasteiger charge is 2.54. The molecule has 3 aliphatic rings. The number of carbonyl (C=O) groups excluding carboxylic acids is 1. The van der Waals surface area contributed by atoms with Gasteiger partial charge in [0.1, 0.15) is 17.5 Å². The summed E-state index contributed by atoms with van der Waals surface area (Å²) in [4.78, 5) is 24.9. The van der Waals surface area contributed by atoms with Gasteiger partial charge in [-0.2, -0.15) is 4.98 Å². The molecule has 1 amide bonds. The molecule has 4 heterocycles. The molecule has 0 radical (unpaired) electrons. The third-order valence-corrected chi connectivity index (χ3v) is 6.70. The topological polar surface area (TPSA) is 93.6 Å². The van der Waals surface area contributed by atoms with Gasteiger partial charge in [0.25, 0.3) is 0 Å². The normalized spacial score (nSPS) is 19.5. The molecule has 5 rings (SSSR count). The van der Waals surface area contributed by atoms with E-state index in [0.717, 1.165) is 42.9 Å². The van der Waals surface area contributed by atoms with Gasteiger partial charge >= 0.3 is 6.09 Å². The monoisotopic (exact) mass is 492 g/mol. The van der Waals surface area contributed by atoms with Crippen molar-refractivity contribution < 1.29 is 14.3 Å². The van der Waals surface area contributed by atoms with E-state index in [-0.39, 0.29) is 28.0 Å². The fraction of sp³-hybridized carbons (Fsp3) is 0.591. The predicted molar refractivity (Wildman–Crippen MR) is 123 cm³/mol. The molecule has 0 aromatic carbocycles. The summed E-state index contributed by atoms with van der Waals surface area (Å²) in [6.07, 6.45) is 4.23. The highest BCUT2D eigenvalue weighted by molar-refractivity contribution is 6.32. The van der Waals surface area contributed by atoms with Gasteiger partial charge in [-0.05, 0) is 57.7 Å².